The molecule has 1 aliphatic rings. The number of halogens is 3. The zero-order valence-electron chi connectivity index (χ0n) is 11.9. The average molecular weight is 300 g/mol. The third-order valence-electron chi connectivity index (χ3n) is 3.74. The van der Waals surface area contributed by atoms with Crippen LogP contribution in [0, 0.1) is 0 Å². The largest absolute Gasteiger partial charge is 0.397 e. The summed E-state index contributed by atoms with van der Waals surface area (Å²) in [5.74, 6) is -0.966. The van der Waals surface area contributed by atoms with E-state index in [2.05, 4.69) is 22.3 Å². The van der Waals surface area contributed by atoms with Crippen LogP contribution in [0.3, 0.4) is 0 Å². The Morgan fingerprint density at radius 1 is 1.33 bits per heavy atom. The van der Waals surface area contributed by atoms with Gasteiger partial charge in [0.1, 0.15) is 6.42 Å². The van der Waals surface area contributed by atoms with Crippen LogP contribution >= 0.6 is 0 Å². The minimum Gasteiger partial charge on any atom is -0.354 e. The van der Waals surface area contributed by atoms with E-state index in [-0.39, 0.29) is 12.6 Å². The highest BCUT2D eigenvalue weighted by Gasteiger charge is 2.31. The van der Waals surface area contributed by atoms with E-state index in [4.69, 9.17) is 0 Å². The highest BCUT2D eigenvalue weighted by molar-refractivity contribution is 5.76. The molecule has 2 rings (SSSR count). The first-order valence-electron chi connectivity index (χ1n) is 6.99. The molecule has 1 heterocycles. The monoisotopic (exact) mass is 300 g/mol. The second kappa shape index (κ2) is 6.47. The molecular weight excluding hydrogens is 281 g/mol. The molecule has 0 bridgehead atoms. The molecule has 21 heavy (non-hydrogen) atoms. The molecule has 0 unspecified atom stereocenters. The molecule has 6 heteroatoms. The van der Waals surface area contributed by atoms with Gasteiger partial charge in [0.05, 0.1) is 0 Å². The number of nitrogens with zero attached hydrogens (tertiary/aromatic N) is 1. The van der Waals surface area contributed by atoms with Crippen LogP contribution in [0.5, 0.6) is 0 Å². The van der Waals surface area contributed by atoms with Crippen LogP contribution in [0.4, 0.5) is 13.2 Å². The van der Waals surface area contributed by atoms with E-state index in [1.54, 1.807) is 0 Å². The molecule has 0 saturated carbocycles. The van der Waals surface area contributed by atoms with Crippen LogP contribution in [0.15, 0.2) is 24.3 Å². The highest BCUT2D eigenvalue weighted by atomic mass is 19.4. The molecule has 0 radical (unpaired) electrons. The Kier molecular flexibility index (Phi) is 4.88. The fourth-order valence-electron chi connectivity index (χ4n) is 2.53. The third-order valence-corrected chi connectivity index (χ3v) is 3.74. The number of hydrogen-bond acceptors (Lipinski definition) is 2. The lowest BCUT2D eigenvalue weighted by atomic mass is 9.99. The topological polar surface area (TPSA) is 32.3 Å². The molecular formula is C15H19F3N2O. The SMILES string of the molecule is C[C@@H](CNC(=O)CC(F)(F)F)N1CCc2ccccc2C1. The molecule has 1 aromatic rings. The number of carbonyl (C=O) groups excluding carboxylic acids is 1. The minimum absolute atomic E-state index is 0.00976. The summed E-state index contributed by atoms with van der Waals surface area (Å²) in [6.07, 6.45) is -4.93. The van der Waals surface area contributed by atoms with Crippen molar-refractivity contribution in [1.82, 2.24) is 10.2 Å². The molecule has 0 fully saturated rings. The Morgan fingerprint density at radius 2 is 2.00 bits per heavy atom. The Bertz CT molecular complexity index is 502. The number of nitrogens with one attached hydrogen (secondary N) is 1. The normalized spacial score (nSPS) is 17.1. The summed E-state index contributed by atoms with van der Waals surface area (Å²) in [7, 11) is 0. The zero-order valence-corrected chi connectivity index (χ0v) is 11.9. The maximum absolute atomic E-state index is 12.1. The van der Waals surface area contributed by atoms with Gasteiger partial charge in [-0.15, -0.1) is 0 Å². The van der Waals surface area contributed by atoms with Crippen molar-refractivity contribution in [2.45, 2.75) is 38.5 Å². The van der Waals surface area contributed by atoms with Crippen LogP contribution in [-0.2, 0) is 17.8 Å². The Hall–Kier alpha value is -1.56. The summed E-state index contributed by atoms with van der Waals surface area (Å²) in [5, 5.41) is 2.36. The predicted octanol–water partition coefficient (Wildman–Crippen LogP) is 2.50. The number of benzene rings is 1. The third kappa shape index (κ3) is 4.74. The summed E-state index contributed by atoms with van der Waals surface area (Å²) < 4.78 is 36.2. The van der Waals surface area contributed by atoms with Gasteiger partial charge in [-0.1, -0.05) is 24.3 Å². The van der Waals surface area contributed by atoms with Gasteiger partial charge < -0.3 is 5.32 Å². The van der Waals surface area contributed by atoms with E-state index < -0.39 is 18.5 Å². The number of amides is 1. The first-order valence-corrected chi connectivity index (χ1v) is 6.99. The quantitative estimate of drug-likeness (QED) is 0.926. The zero-order chi connectivity index (χ0) is 15.5. The van der Waals surface area contributed by atoms with Crippen molar-refractivity contribution in [2.75, 3.05) is 13.1 Å². The van der Waals surface area contributed by atoms with Crippen LogP contribution in [0.1, 0.15) is 24.5 Å². The fourth-order valence-corrected chi connectivity index (χ4v) is 2.53. The molecule has 0 aliphatic carbocycles. The average Bonchev–Trinajstić information content (AvgIpc) is 2.42. The number of hydrogen-bond donors (Lipinski definition) is 1. The maximum atomic E-state index is 12.1. The van der Waals surface area contributed by atoms with Crippen molar-refractivity contribution in [3.63, 3.8) is 0 Å². The summed E-state index contributed by atoms with van der Waals surface area (Å²) in [5.41, 5.74) is 2.57. The van der Waals surface area contributed by atoms with Gasteiger partial charge in [-0.3, -0.25) is 9.69 Å². The van der Waals surface area contributed by atoms with Gasteiger partial charge in [-0.25, -0.2) is 0 Å². The van der Waals surface area contributed by atoms with E-state index in [0.29, 0.717) is 0 Å². The van der Waals surface area contributed by atoms with Gasteiger partial charge in [-0.05, 0) is 24.5 Å². The molecule has 1 amide bonds. The highest BCUT2D eigenvalue weighted by Crippen LogP contribution is 2.21. The van der Waals surface area contributed by atoms with E-state index in [9.17, 15) is 18.0 Å². The smallest absolute Gasteiger partial charge is 0.354 e. The Morgan fingerprint density at radius 3 is 2.67 bits per heavy atom. The van der Waals surface area contributed by atoms with Crippen molar-refractivity contribution in [3.8, 4) is 0 Å². The Labute approximate surface area is 122 Å². The van der Waals surface area contributed by atoms with Gasteiger partial charge in [0, 0.05) is 25.7 Å². The standard InChI is InChI=1S/C15H19F3N2O/c1-11(9-19-14(21)8-15(16,17)18)20-7-6-12-4-2-3-5-13(12)10-20/h2-5,11H,6-10H2,1H3,(H,19,21)/t11-/m0/s1. The molecule has 1 aromatic carbocycles. The van der Waals surface area contributed by atoms with Crippen molar-refractivity contribution in [3.05, 3.63) is 35.4 Å². The fraction of sp³-hybridized carbons (Fsp3) is 0.533. The van der Waals surface area contributed by atoms with Crippen LogP contribution in [-0.4, -0.2) is 36.1 Å². The number of alkyl halides is 3. The molecule has 1 N–H and O–H groups in total. The molecule has 1 aliphatic heterocycles. The number of fused-ring (bicyclic) bond motifs is 1. The van der Waals surface area contributed by atoms with Crippen LogP contribution in [0.25, 0.3) is 0 Å². The van der Waals surface area contributed by atoms with Gasteiger partial charge in [0.2, 0.25) is 5.91 Å². The van der Waals surface area contributed by atoms with E-state index in [1.165, 1.54) is 11.1 Å². The van der Waals surface area contributed by atoms with E-state index in [1.807, 2.05) is 19.1 Å². The van der Waals surface area contributed by atoms with Crippen LogP contribution in [0.2, 0.25) is 0 Å². The van der Waals surface area contributed by atoms with E-state index in [0.717, 1.165) is 19.5 Å². The molecule has 0 aromatic heterocycles. The maximum Gasteiger partial charge on any atom is 0.397 e. The molecule has 0 spiro atoms. The van der Waals surface area contributed by atoms with Crippen LogP contribution < -0.4 is 5.32 Å². The Balaban J connectivity index is 1.82. The first-order chi connectivity index (χ1) is 9.85. The molecule has 1 atom stereocenters. The van der Waals surface area contributed by atoms with Crippen molar-refractivity contribution in [1.29, 1.82) is 0 Å². The van der Waals surface area contributed by atoms with Gasteiger partial charge in [0.25, 0.3) is 0 Å². The molecule has 0 saturated heterocycles. The number of rotatable bonds is 4. The van der Waals surface area contributed by atoms with Gasteiger partial charge in [-0.2, -0.15) is 13.2 Å². The summed E-state index contributed by atoms with van der Waals surface area (Å²) in [4.78, 5) is 13.4. The van der Waals surface area contributed by atoms with E-state index >= 15 is 0 Å². The van der Waals surface area contributed by atoms with Gasteiger partial charge in [0.15, 0.2) is 0 Å². The molecule has 3 nitrogen and oxygen atoms in total. The lowest BCUT2D eigenvalue weighted by Crippen LogP contribution is -2.44. The molecule has 116 valence electrons. The minimum atomic E-state index is -4.45. The van der Waals surface area contributed by atoms with Gasteiger partial charge >= 0.3 is 6.18 Å². The second-order valence-electron chi connectivity index (χ2n) is 5.43. The summed E-state index contributed by atoms with van der Waals surface area (Å²) in [6.45, 7) is 3.78. The predicted molar refractivity (Wildman–Crippen MR) is 73.7 cm³/mol. The lowest BCUT2D eigenvalue weighted by molar-refractivity contribution is -0.153. The number of carbonyl (C=O) groups is 1. The van der Waals surface area contributed by atoms with Crippen molar-refractivity contribution < 1.29 is 18.0 Å². The van der Waals surface area contributed by atoms with Crippen molar-refractivity contribution in [2.24, 2.45) is 0 Å². The summed E-state index contributed by atoms with van der Waals surface area (Å²) in [6, 6.07) is 8.17. The second-order valence-corrected chi connectivity index (χ2v) is 5.43. The first kappa shape index (κ1) is 15.8. The summed E-state index contributed by atoms with van der Waals surface area (Å²) >= 11 is 0. The van der Waals surface area contributed by atoms with Crippen molar-refractivity contribution >= 4 is 5.91 Å². The lowest BCUT2D eigenvalue weighted by Gasteiger charge is -2.33.